The molecule has 1 aliphatic heterocycles. The average molecular weight is 496 g/mol. The van der Waals surface area contributed by atoms with Crippen molar-refractivity contribution in [2.24, 2.45) is 0 Å². The van der Waals surface area contributed by atoms with Crippen LogP contribution in [0.25, 0.3) is 22.0 Å². The van der Waals surface area contributed by atoms with Crippen LogP contribution >= 0.6 is 11.6 Å². The minimum absolute atomic E-state index is 0.0669. The molecule has 1 aliphatic rings. The highest BCUT2D eigenvalue weighted by atomic mass is 35.5. The van der Waals surface area contributed by atoms with E-state index in [2.05, 4.69) is 20.1 Å². The number of methoxy groups -OCH3 is 1. The van der Waals surface area contributed by atoms with E-state index in [4.69, 9.17) is 26.8 Å². The number of halogens is 2. The van der Waals surface area contributed by atoms with Gasteiger partial charge in [-0.05, 0) is 42.0 Å². The van der Waals surface area contributed by atoms with Crippen LogP contribution in [0.2, 0.25) is 5.02 Å². The van der Waals surface area contributed by atoms with Gasteiger partial charge in [-0.25, -0.2) is 9.37 Å². The lowest BCUT2D eigenvalue weighted by Gasteiger charge is -2.29. The molecule has 1 saturated heterocycles. The van der Waals surface area contributed by atoms with Crippen LogP contribution in [-0.4, -0.2) is 53.7 Å². The molecule has 1 atom stereocenters. The Morgan fingerprint density at radius 2 is 1.89 bits per heavy atom. The van der Waals surface area contributed by atoms with Gasteiger partial charge in [-0.15, -0.1) is 10.2 Å². The molecule has 8 nitrogen and oxygen atoms in total. The van der Waals surface area contributed by atoms with E-state index in [1.807, 2.05) is 18.2 Å². The molecule has 0 bridgehead atoms. The number of hydrogen-bond acceptors (Lipinski definition) is 8. The number of fused-ring (bicyclic) bond motifs is 1. The van der Waals surface area contributed by atoms with Crippen molar-refractivity contribution in [1.82, 2.24) is 15.2 Å². The fourth-order valence-electron chi connectivity index (χ4n) is 4.20. The van der Waals surface area contributed by atoms with E-state index in [1.165, 1.54) is 19.2 Å². The second kappa shape index (κ2) is 9.61. The lowest BCUT2D eigenvalue weighted by molar-refractivity contribution is 0.122. The summed E-state index contributed by atoms with van der Waals surface area (Å²) >= 11 is 6.32. The number of aliphatic hydroxyl groups is 1. The highest BCUT2D eigenvalue weighted by Crippen LogP contribution is 2.38. The number of benzene rings is 2. The molecule has 4 aromatic rings. The number of aliphatic hydroxyl groups excluding tert-OH is 1. The summed E-state index contributed by atoms with van der Waals surface area (Å²) in [6.07, 6.45) is -1.22. The zero-order chi connectivity index (χ0) is 24.5. The van der Waals surface area contributed by atoms with E-state index in [1.54, 1.807) is 18.2 Å². The zero-order valence-electron chi connectivity index (χ0n) is 18.9. The minimum atomic E-state index is -1.22. The highest BCUT2D eigenvalue weighted by Gasteiger charge is 2.21. The van der Waals surface area contributed by atoms with Crippen molar-refractivity contribution in [1.29, 1.82) is 0 Å². The quantitative estimate of drug-likeness (QED) is 0.428. The summed E-state index contributed by atoms with van der Waals surface area (Å²) in [4.78, 5) is 6.69. The van der Waals surface area contributed by atoms with Gasteiger partial charge in [0.2, 0.25) is 5.88 Å². The lowest BCUT2D eigenvalue weighted by atomic mass is 9.96. The molecule has 2 aromatic carbocycles. The van der Waals surface area contributed by atoms with Crippen molar-refractivity contribution in [2.45, 2.75) is 6.10 Å². The predicted molar refractivity (Wildman–Crippen MR) is 132 cm³/mol. The third-order valence-corrected chi connectivity index (χ3v) is 6.34. The van der Waals surface area contributed by atoms with Gasteiger partial charge in [0.05, 0.1) is 31.5 Å². The SMILES string of the molecule is COc1ccc([C@H](O)c2cc(-c3cc(N)nc4cc(N5CCOCC5)ccc34)c(F)cc2Cl)nn1. The van der Waals surface area contributed by atoms with Gasteiger partial charge in [-0.3, -0.25) is 0 Å². The van der Waals surface area contributed by atoms with Crippen molar-refractivity contribution in [3.63, 3.8) is 0 Å². The fraction of sp³-hybridized carbons (Fsp3) is 0.240. The van der Waals surface area contributed by atoms with E-state index in [9.17, 15) is 5.11 Å². The first kappa shape index (κ1) is 23.2. The predicted octanol–water partition coefficient (Wildman–Crippen LogP) is 3.99. The summed E-state index contributed by atoms with van der Waals surface area (Å²) in [6, 6.07) is 13.3. The molecule has 35 heavy (non-hydrogen) atoms. The summed E-state index contributed by atoms with van der Waals surface area (Å²) in [6.45, 7) is 2.88. The number of anilines is 2. The molecular weight excluding hydrogens is 473 g/mol. The Hall–Kier alpha value is -3.53. The average Bonchev–Trinajstić information content (AvgIpc) is 2.88. The number of rotatable bonds is 5. The third kappa shape index (κ3) is 4.58. The maximum atomic E-state index is 15.2. The van der Waals surface area contributed by atoms with E-state index < -0.39 is 11.9 Å². The summed E-state index contributed by atoms with van der Waals surface area (Å²) < 4.78 is 25.7. The molecule has 0 spiro atoms. The highest BCUT2D eigenvalue weighted by molar-refractivity contribution is 6.31. The Labute approximate surface area is 206 Å². The summed E-state index contributed by atoms with van der Waals surface area (Å²) in [5.74, 6) is 0.0158. The van der Waals surface area contributed by atoms with Crippen molar-refractivity contribution in [3.8, 4) is 17.0 Å². The van der Waals surface area contributed by atoms with Crippen molar-refractivity contribution in [3.05, 3.63) is 70.6 Å². The molecule has 0 aliphatic carbocycles. The van der Waals surface area contributed by atoms with Crippen molar-refractivity contribution < 1.29 is 19.0 Å². The number of nitrogens with two attached hydrogens (primary N) is 1. The van der Waals surface area contributed by atoms with Gasteiger partial charge in [0.15, 0.2) is 0 Å². The fourth-order valence-corrected chi connectivity index (χ4v) is 4.46. The monoisotopic (exact) mass is 495 g/mol. The van der Waals surface area contributed by atoms with Crippen LogP contribution in [0, 0.1) is 5.82 Å². The molecule has 0 saturated carbocycles. The first-order chi connectivity index (χ1) is 16.9. The van der Waals surface area contributed by atoms with Gasteiger partial charge in [0.1, 0.15) is 17.7 Å². The third-order valence-electron chi connectivity index (χ3n) is 6.01. The second-order valence-corrected chi connectivity index (χ2v) is 8.56. The number of morpholine rings is 1. The summed E-state index contributed by atoms with van der Waals surface area (Å²) in [7, 11) is 1.47. The second-order valence-electron chi connectivity index (χ2n) is 8.15. The molecule has 3 N–H and O–H groups in total. The van der Waals surface area contributed by atoms with Gasteiger partial charge in [-0.1, -0.05) is 17.7 Å². The Morgan fingerprint density at radius 1 is 1.09 bits per heavy atom. The standard InChI is InChI=1S/C25H23ClFN5O3/c1-34-24-5-4-21(30-31-24)25(33)18-11-17(20(27)13-19(18)26)16-12-23(28)29-22-10-14(2-3-15(16)22)32-6-8-35-9-7-32/h2-5,10-13,25,33H,6-9H2,1H3,(H2,28,29)/t25-/m1/s1. The Morgan fingerprint density at radius 3 is 2.60 bits per heavy atom. The van der Waals surface area contributed by atoms with Gasteiger partial charge in [-0.2, -0.15) is 0 Å². The number of aromatic nitrogens is 3. The van der Waals surface area contributed by atoms with E-state index in [0.717, 1.165) is 24.2 Å². The van der Waals surface area contributed by atoms with Crippen molar-refractivity contribution in [2.75, 3.05) is 44.0 Å². The van der Waals surface area contributed by atoms with Gasteiger partial charge >= 0.3 is 0 Å². The minimum Gasteiger partial charge on any atom is -0.480 e. The maximum absolute atomic E-state index is 15.2. The van der Waals surface area contributed by atoms with Crippen LogP contribution in [0.3, 0.4) is 0 Å². The summed E-state index contributed by atoms with van der Waals surface area (Å²) in [5.41, 5.74) is 9.07. The van der Waals surface area contributed by atoms with Crippen LogP contribution in [0.15, 0.2) is 48.5 Å². The van der Waals surface area contributed by atoms with E-state index in [0.29, 0.717) is 30.2 Å². The maximum Gasteiger partial charge on any atom is 0.233 e. The number of pyridine rings is 1. The van der Waals surface area contributed by atoms with Gasteiger partial charge in [0, 0.05) is 46.4 Å². The van der Waals surface area contributed by atoms with E-state index >= 15 is 4.39 Å². The number of ether oxygens (including phenoxy) is 2. The Kier molecular flexibility index (Phi) is 6.38. The molecule has 2 aromatic heterocycles. The normalized spacial score (nSPS) is 14.8. The number of hydrogen-bond donors (Lipinski definition) is 2. The molecule has 5 rings (SSSR count). The number of nitrogens with zero attached hydrogens (tertiary/aromatic N) is 4. The first-order valence-electron chi connectivity index (χ1n) is 11.0. The van der Waals surface area contributed by atoms with Crippen molar-refractivity contribution >= 4 is 34.0 Å². The lowest BCUT2D eigenvalue weighted by Crippen LogP contribution is -2.36. The summed E-state index contributed by atoms with van der Waals surface area (Å²) in [5, 5.41) is 19.6. The Balaban J connectivity index is 1.59. The van der Waals surface area contributed by atoms with Gasteiger partial charge in [0.25, 0.3) is 0 Å². The number of nitrogen functional groups attached to an aromatic ring is 1. The van der Waals surface area contributed by atoms with Crippen LogP contribution < -0.4 is 15.4 Å². The van der Waals surface area contributed by atoms with E-state index in [-0.39, 0.29) is 27.7 Å². The Bertz CT molecular complexity index is 1380. The van der Waals surface area contributed by atoms with Crippen LogP contribution in [-0.2, 0) is 4.74 Å². The smallest absolute Gasteiger partial charge is 0.233 e. The van der Waals surface area contributed by atoms with Crippen LogP contribution in [0.1, 0.15) is 17.4 Å². The molecule has 0 unspecified atom stereocenters. The molecule has 10 heteroatoms. The molecule has 3 heterocycles. The first-order valence-corrected chi connectivity index (χ1v) is 11.4. The van der Waals surface area contributed by atoms with Gasteiger partial charge < -0.3 is 25.2 Å². The van der Waals surface area contributed by atoms with Crippen LogP contribution in [0.5, 0.6) is 5.88 Å². The molecule has 180 valence electrons. The molecule has 0 radical (unpaired) electrons. The molecule has 1 fully saturated rings. The molecular formula is C25H23ClFN5O3. The topological polar surface area (TPSA) is 107 Å². The van der Waals surface area contributed by atoms with Crippen LogP contribution in [0.4, 0.5) is 15.9 Å². The molecule has 0 amide bonds. The largest absolute Gasteiger partial charge is 0.480 e. The zero-order valence-corrected chi connectivity index (χ0v) is 19.7.